The number of aryl methyl sites for hydroxylation is 1. The number of carbonyl (C=O) groups is 1. The second kappa shape index (κ2) is 5.60. The van der Waals surface area contributed by atoms with Crippen molar-refractivity contribution < 1.29 is 9.90 Å². The van der Waals surface area contributed by atoms with Crippen molar-refractivity contribution in [3.8, 4) is 0 Å². The van der Waals surface area contributed by atoms with Crippen molar-refractivity contribution in [1.29, 1.82) is 0 Å². The van der Waals surface area contributed by atoms with Crippen LogP contribution in [0.5, 0.6) is 0 Å². The van der Waals surface area contributed by atoms with E-state index in [1.807, 2.05) is 38.2 Å². The molecular formula is C16H17N5O2. The maximum Gasteiger partial charge on any atom is 0.335 e. The Labute approximate surface area is 133 Å². The number of aromatic carboxylic acids is 1. The van der Waals surface area contributed by atoms with Gasteiger partial charge in [0.05, 0.1) is 17.4 Å². The van der Waals surface area contributed by atoms with E-state index in [0.717, 1.165) is 22.6 Å². The molecule has 0 atom stereocenters. The zero-order valence-corrected chi connectivity index (χ0v) is 13.1. The van der Waals surface area contributed by atoms with Gasteiger partial charge in [-0.2, -0.15) is 4.98 Å². The highest BCUT2D eigenvalue weighted by Gasteiger charge is 2.09. The molecule has 7 nitrogen and oxygen atoms in total. The van der Waals surface area contributed by atoms with Gasteiger partial charge in [0, 0.05) is 19.8 Å². The molecule has 23 heavy (non-hydrogen) atoms. The van der Waals surface area contributed by atoms with Gasteiger partial charge < -0.3 is 15.3 Å². The minimum Gasteiger partial charge on any atom is -0.478 e. The van der Waals surface area contributed by atoms with Crippen LogP contribution >= 0.6 is 0 Å². The first-order valence-corrected chi connectivity index (χ1v) is 7.09. The molecule has 0 saturated heterocycles. The number of rotatable bonds is 4. The van der Waals surface area contributed by atoms with Crippen LogP contribution in [0.3, 0.4) is 0 Å². The third kappa shape index (κ3) is 2.94. The van der Waals surface area contributed by atoms with Crippen molar-refractivity contribution in [2.75, 3.05) is 24.3 Å². The van der Waals surface area contributed by atoms with E-state index in [2.05, 4.69) is 15.4 Å². The van der Waals surface area contributed by atoms with E-state index < -0.39 is 5.97 Å². The number of aromatic nitrogens is 3. The number of pyridine rings is 1. The fourth-order valence-corrected chi connectivity index (χ4v) is 2.36. The maximum atomic E-state index is 10.9. The minimum absolute atomic E-state index is 0.241. The highest BCUT2D eigenvalue weighted by molar-refractivity contribution is 5.88. The number of carboxylic acids is 1. The van der Waals surface area contributed by atoms with Gasteiger partial charge in [0.2, 0.25) is 5.95 Å². The summed E-state index contributed by atoms with van der Waals surface area (Å²) >= 11 is 0. The Balaban J connectivity index is 1.90. The van der Waals surface area contributed by atoms with Crippen molar-refractivity contribution in [2.45, 2.75) is 6.92 Å². The molecule has 2 aromatic heterocycles. The van der Waals surface area contributed by atoms with Gasteiger partial charge in [-0.15, -0.1) is 5.10 Å². The Morgan fingerprint density at radius 2 is 1.96 bits per heavy atom. The van der Waals surface area contributed by atoms with Gasteiger partial charge in [0.25, 0.3) is 0 Å². The van der Waals surface area contributed by atoms with Crippen molar-refractivity contribution >= 4 is 28.9 Å². The highest BCUT2D eigenvalue weighted by atomic mass is 16.4. The summed E-state index contributed by atoms with van der Waals surface area (Å²) in [5.41, 5.74) is 3.91. The number of nitrogens with zero attached hydrogens (tertiary/aromatic N) is 4. The Bertz CT molecular complexity index is 868. The molecule has 7 heteroatoms. The molecule has 0 aliphatic rings. The number of anilines is 3. The van der Waals surface area contributed by atoms with Crippen LogP contribution in [0.15, 0.2) is 36.5 Å². The molecule has 118 valence electrons. The topological polar surface area (TPSA) is 82.8 Å². The molecule has 2 N–H and O–H groups in total. The molecular weight excluding hydrogens is 294 g/mol. The molecule has 0 aliphatic heterocycles. The number of hydrogen-bond donors (Lipinski definition) is 2. The van der Waals surface area contributed by atoms with Crippen LogP contribution in [-0.4, -0.2) is 39.8 Å². The molecule has 3 aromatic rings. The monoisotopic (exact) mass is 311 g/mol. The normalized spacial score (nSPS) is 10.7. The highest BCUT2D eigenvalue weighted by Crippen LogP contribution is 2.21. The predicted molar refractivity (Wildman–Crippen MR) is 88.7 cm³/mol. The van der Waals surface area contributed by atoms with E-state index in [0.29, 0.717) is 5.95 Å². The quantitative estimate of drug-likeness (QED) is 0.770. The van der Waals surface area contributed by atoms with Crippen LogP contribution in [0.4, 0.5) is 17.3 Å². The molecule has 1 aromatic carbocycles. The number of nitrogens with one attached hydrogen (secondary N) is 1. The smallest absolute Gasteiger partial charge is 0.335 e. The average Bonchev–Trinajstić information content (AvgIpc) is 2.87. The first-order chi connectivity index (χ1) is 10.9. The first kappa shape index (κ1) is 14.8. The third-order valence-corrected chi connectivity index (χ3v) is 3.52. The summed E-state index contributed by atoms with van der Waals surface area (Å²) in [5.74, 6) is -0.488. The van der Waals surface area contributed by atoms with Crippen LogP contribution in [0.1, 0.15) is 15.9 Å². The second-order valence-electron chi connectivity index (χ2n) is 5.48. The van der Waals surface area contributed by atoms with Gasteiger partial charge in [-0.1, -0.05) is 0 Å². The summed E-state index contributed by atoms with van der Waals surface area (Å²) in [6, 6.07) is 8.42. The van der Waals surface area contributed by atoms with Gasteiger partial charge in [0.1, 0.15) is 0 Å². The second-order valence-corrected chi connectivity index (χ2v) is 5.48. The number of fused-ring (bicyclic) bond motifs is 1. The van der Waals surface area contributed by atoms with Crippen LogP contribution in [0, 0.1) is 6.92 Å². The largest absolute Gasteiger partial charge is 0.478 e. The fraction of sp³-hybridized carbons (Fsp3) is 0.188. The summed E-state index contributed by atoms with van der Waals surface area (Å²) in [6.07, 6.45) is 1.93. The van der Waals surface area contributed by atoms with E-state index in [9.17, 15) is 4.79 Å². The van der Waals surface area contributed by atoms with Gasteiger partial charge in [-0.3, -0.25) is 0 Å². The van der Waals surface area contributed by atoms with Crippen LogP contribution < -0.4 is 10.2 Å². The molecule has 0 saturated carbocycles. The molecule has 0 aliphatic carbocycles. The maximum absolute atomic E-state index is 10.9. The fourth-order valence-electron chi connectivity index (χ4n) is 2.36. The summed E-state index contributed by atoms with van der Waals surface area (Å²) < 4.78 is 1.72. The molecule has 2 heterocycles. The Morgan fingerprint density at radius 1 is 1.26 bits per heavy atom. The van der Waals surface area contributed by atoms with E-state index in [-0.39, 0.29) is 5.56 Å². The van der Waals surface area contributed by atoms with Gasteiger partial charge in [-0.25, -0.2) is 9.31 Å². The summed E-state index contributed by atoms with van der Waals surface area (Å²) in [7, 11) is 3.96. The number of benzene rings is 1. The lowest BCUT2D eigenvalue weighted by atomic mass is 10.2. The average molecular weight is 311 g/mol. The number of hydrogen-bond acceptors (Lipinski definition) is 5. The minimum atomic E-state index is -0.950. The summed E-state index contributed by atoms with van der Waals surface area (Å²) in [4.78, 5) is 17.3. The lowest BCUT2D eigenvalue weighted by molar-refractivity contribution is 0.0697. The molecule has 0 fully saturated rings. The molecule has 3 rings (SSSR count). The molecule has 0 radical (unpaired) electrons. The van der Waals surface area contributed by atoms with Crippen molar-refractivity contribution in [3.63, 3.8) is 0 Å². The van der Waals surface area contributed by atoms with Gasteiger partial charge >= 0.3 is 5.97 Å². The van der Waals surface area contributed by atoms with Gasteiger partial charge in [0.15, 0.2) is 5.65 Å². The van der Waals surface area contributed by atoms with Gasteiger partial charge in [-0.05, 0) is 42.8 Å². The number of carboxylic acid groups (broad SMARTS) is 1. The molecule has 0 bridgehead atoms. The lowest BCUT2D eigenvalue weighted by Gasteiger charge is -2.14. The van der Waals surface area contributed by atoms with E-state index >= 15 is 0 Å². The molecule has 0 unspecified atom stereocenters. The Hall–Kier alpha value is -3.09. The zero-order chi connectivity index (χ0) is 16.6. The third-order valence-electron chi connectivity index (χ3n) is 3.52. The van der Waals surface area contributed by atoms with E-state index in [1.54, 1.807) is 16.6 Å². The summed E-state index contributed by atoms with van der Waals surface area (Å²) in [6.45, 7) is 2.03. The Kier molecular flexibility index (Phi) is 3.61. The van der Waals surface area contributed by atoms with Crippen LogP contribution in [0.25, 0.3) is 5.65 Å². The van der Waals surface area contributed by atoms with Crippen molar-refractivity contribution in [2.24, 2.45) is 0 Å². The zero-order valence-electron chi connectivity index (χ0n) is 13.1. The first-order valence-electron chi connectivity index (χ1n) is 7.09. The van der Waals surface area contributed by atoms with E-state index in [4.69, 9.17) is 5.11 Å². The summed E-state index contributed by atoms with van der Waals surface area (Å²) in [5, 5.41) is 16.4. The Morgan fingerprint density at radius 3 is 2.57 bits per heavy atom. The SMILES string of the molecule is Cc1cc2nc(Nc3ccc(C(=O)O)cc3)nn2cc1N(C)C. The van der Waals surface area contributed by atoms with E-state index in [1.165, 1.54) is 12.1 Å². The molecule has 0 spiro atoms. The van der Waals surface area contributed by atoms with Crippen molar-refractivity contribution in [1.82, 2.24) is 14.6 Å². The van der Waals surface area contributed by atoms with Crippen LogP contribution in [-0.2, 0) is 0 Å². The van der Waals surface area contributed by atoms with Crippen molar-refractivity contribution in [3.05, 3.63) is 47.7 Å². The molecule has 0 amide bonds. The predicted octanol–water partition coefficient (Wildman–Crippen LogP) is 2.55. The lowest BCUT2D eigenvalue weighted by Crippen LogP contribution is -2.11. The van der Waals surface area contributed by atoms with Crippen LogP contribution in [0.2, 0.25) is 0 Å². The standard InChI is InChI=1S/C16H17N5O2/c1-10-8-14-18-16(19-21(14)9-13(10)20(2)3)17-12-6-4-11(5-7-12)15(22)23/h4-9H,1-3H3,(H,17,19)(H,22,23).